The lowest BCUT2D eigenvalue weighted by atomic mass is 10.0. The minimum absolute atomic E-state index is 0.134. The Hall–Kier alpha value is -3.68. The van der Waals surface area contributed by atoms with Crippen LogP contribution in [0.5, 0.6) is 5.75 Å². The molecule has 2 aliphatic rings. The highest BCUT2D eigenvalue weighted by atomic mass is 16.5. The van der Waals surface area contributed by atoms with Gasteiger partial charge in [-0.1, -0.05) is 18.2 Å². The van der Waals surface area contributed by atoms with Crippen LogP contribution in [-0.2, 0) is 19.5 Å². The van der Waals surface area contributed by atoms with Crippen LogP contribution in [0, 0.1) is 0 Å². The second-order valence-corrected chi connectivity index (χ2v) is 8.22. The van der Waals surface area contributed by atoms with Crippen LogP contribution >= 0.6 is 0 Å². The first-order valence-electron chi connectivity index (χ1n) is 10.8. The highest BCUT2D eigenvalue weighted by Crippen LogP contribution is 2.26. The molecule has 2 amide bonds. The van der Waals surface area contributed by atoms with Crippen molar-refractivity contribution in [2.45, 2.75) is 38.4 Å². The van der Waals surface area contributed by atoms with Crippen molar-refractivity contribution in [3.8, 4) is 5.75 Å². The number of amides is 2. The molecule has 0 atom stereocenters. The number of pyridine rings is 1. The second kappa shape index (κ2) is 8.45. The number of methoxy groups -OCH3 is 1. The molecule has 0 saturated heterocycles. The van der Waals surface area contributed by atoms with Crippen molar-refractivity contribution < 1.29 is 14.3 Å². The molecule has 5 rings (SSSR count). The van der Waals surface area contributed by atoms with Gasteiger partial charge in [0, 0.05) is 36.5 Å². The molecular formula is C24H25N5O3. The molecule has 32 heavy (non-hydrogen) atoms. The summed E-state index contributed by atoms with van der Waals surface area (Å²) < 4.78 is 7.24. The number of carbonyl (C=O) groups excluding carboxylic acids is 2. The highest BCUT2D eigenvalue weighted by Gasteiger charge is 2.33. The maximum Gasteiger partial charge on any atom is 0.272 e. The van der Waals surface area contributed by atoms with E-state index in [2.05, 4.69) is 10.3 Å². The van der Waals surface area contributed by atoms with Crippen LogP contribution in [0.1, 0.15) is 50.6 Å². The molecule has 1 aliphatic heterocycles. The Labute approximate surface area is 186 Å². The fourth-order valence-electron chi connectivity index (χ4n) is 4.05. The van der Waals surface area contributed by atoms with Gasteiger partial charge in [0.25, 0.3) is 11.8 Å². The van der Waals surface area contributed by atoms with Crippen LogP contribution in [-0.4, -0.2) is 51.2 Å². The van der Waals surface area contributed by atoms with Gasteiger partial charge in [-0.15, -0.1) is 0 Å². The fraction of sp³-hybridized carbons (Fsp3) is 0.333. The molecule has 164 valence electrons. The fourth-order valence-corrected chi connectivity index (χ4v) is 4.05. The maximum absolute atomic E-state index is 13.0. The zero-order chi connectivity index (χ0) is 22.1. The monoisotopic (exact) mass is 431 g/mol. The molecule has 1 aromatic carbocycles. The second-order valence-electron chi connectivity index (χ2n) is 8.22. The average molecular weight is 431 g/mol. The van der Waals surface area contributed by atoms with E-state index in [1.807, 2.05) is 28.9 Å². The molecule has 0 spiro atoms. The van der Waals surface area contributed by atoms with Crippen LogP contribution in [0.3, 0.4) is 0 Å². The van der Waals surface area contributed by atoms with Gasteiger partial charge in [0.05, 0.1) is 20.2 Å². The van der Waals surface area contributed by atoms with Gasteiger partial charge in [0.2, 0.25) is 0 Å². The van der Waals surface area contributed by atoms with Gasteiger partial charge in [-0.3, -0.25) is 19.3 Å². The molecule has 1 aliphatic carbocycles. The minimum Gasteiger partial charge on any atom is -0.497 e. The molecule has 3 aromatic rings. The Morgan fingerprint density at radius 3 is 2.81 bits per heavy atom. The van der Waals surface area contributed by atoms with E-state index in [1.54, 1.807) is 36.4 Å². The van der Waals surface area contributed by atoms with E-state index in [4.69, 9.17) is 9.84 Å². The third-order valence-electron chi connectivity index (χ3n) is 5.90. The quantitative estimate of drug-likeness (QED) is 0.648. The average Bonchev–Trinajstić information content (AvgIpc) is 3.58. The number of nitrogens with zero attached hydrogens (tertiary/aromatic N) is 4. The Balaban J connectivity index is 1.46. The van der Waals surface area contributed by atoms with Gasteiger partial charge < -0.3 is 15.0 Å². The normalized spacial score (nSPS) is 15.2. The number of fused-ring (bicyclic) bond motifs is 1. The number of aromatic nitrogens is 3. The van der Waals surface area contributed by atoms with Crippen LogP contribution < -0.4 is 10.1 Å². The molecule has 1 fully saturated rings. The van der Waals surface area contributed by atoms with Crippen LogP contribution in [0.25, 0.3) is 0 Å². The van der Waals surface area contributed by atoms with Crippen LogP contribution in [0.4, 0.5) is 0 Å². The summed E-state index contributed by atoms with van der Waals surface area (Å²) in [6, 6.07) is 13.4. The third kappa shape index (κ3) is 4.08. The summed E-state index contributed by atoms with van der Waals surface area (Å²) in [5.74, 6) is 0.480. The largest absolute Gasteiger partial charge is 0.497 e. The molecule has 1 N–H and O–H groups in total. The standard InChI is InChI=1S/C24H25N5O3/c1-32-18-6-4-5-16(13-18)14-29-21-10-12-28(24(31)20-7-2-3-11-25-20)15-19(21)22(27-29)23(30)26-17-8-9-17/h2-7,11,13,17H,8-10,12,14-15H2,1H3,(H,26,30). The first kappa shape index (κ1) is 20.2. The first-order chi connectivity index (χ1) is 15.6. The predicted molar refractivity (Wildman–Crippen MR) is 117 cm³/mol. The zero-order valence-corrected chi connectivity index (χ0v) is 18.0. The van der Waals surface area contributed by atoms with Crippen molar-refractivity contribution in [1.82, 2.24) is 25.0 Å². The molecule has 0 bridgehead atoms. The topological polar surface area (TPSA) is 89.4 Å². The molecule has 0 unspecified atom stereocenters. The summed E-state index contributed by atoms with van der Waals surface area (Å²) >= 11 is 0. The Morgan fingerprint density at radius 2 is 2.06 bits per heavy atom. The Bertz CT molecular complexity index is 1150. The Morgan fingerprint density at radius 1 is 1.19 bits per heavy atom. The predicted octanol–water partition coefficient (Wildman–Crippen LogP) is 2.43. The first-order valence-corrected chi connectivity index (χ1v) is 10.8. The molecule has 2 aromatic heterocycles. The van der Waals surface area contributed by atoms with E-state index >= 15 is 0 Å². The van der Waals surface area contributed by atoms with E-state index in [9.17, 15) is 9.59 Å². The molecule has 1 saturated carbocycles. The van der Waals surface area contributed by atoms with Crippen molar-refractivity contribution in [2.75, 3.05) is 13.7 Å². The zero-order valence-electron chi connectivity index (χ0n) is 18.0. The van der Waals surface area contributed by atoms with E-state index in [0.29, 0.717) is 37.4 Å². The smallest absolute Gasteiger partial charge is 0.272 e. The summed E-state index contributed by atoms with van der Waals surface area (Å²) in [4.78, 5) is 31.9. The lowest BCUT2D eigenvalue weighted by molar-refractivity contribution is 0.0724. The SMILES string of the molecule is COc1cccc(Cn2nc(C(=O)NC3CC3)c3c2CCN(C(=O)c2ccccn2)C3)c1. The minimum atomic E-state index is -0.166. The maximum atomic E-state index is 13.0. The van der Waals surface area contributed by atoms with Crippen molar-refractivity contribution in [1.29, 1.82) is 0 Å². The number of nitrogens with one attached hydrogen (secondary N) is 1. The number of carbonyl (C=O) groups is 2. The number of benzene rings is 1. The van der Waals surface area contributed by atoms with E-state index in [-0.39, 0.29) is 17.9 Å². The number of rotatable bonds is 6. The van der Waals surface area contributed by atoms with Gasteiger partial charge in [-0.05, 0) is 42.7 Å². The molecule has 0 radical (unpaired) electrons. The van der Waals surface area contributed by atoms with E-state index < -0.39 is 0 Å². The van der Waals surface area contributed by atoms with Gasteiger partial charge in [0.15, 0.2) is 5.69 Å². The molecule has 8 heteroatoms. The molecule has 3 heterocycles. The third-order valence-corrected chi connectivity index (χ3v) is 5.90. The Kier molecular flexibility index (Phi) is 5.34. The van der Waals surface area contributed by atoms with E-state index in [1.165, 1.54) is 0 Å². The summed E-state index contributed by atoms with van der Waals surface area (Å²) in [6.07, 6.45) is 4.25. The van der Waals surface area contributed by atoms with Gasteiger partial charge in [-0.25, -0.2) is 0 Å². The van der Waals surface area contributed by atoms with Crippen molar-refractivity contribution >= 4 is 11.8 Å². The van der Waals surface area contributed by atoms with Crippen molar-refractivity contribution in [2.24, 2.45) is 0 Å². The summed E-state index contributed by atoms with van der Waals surface area (Å²) in [7, 11) is 1.64. The highest BCUT2D eigenvalue weighted by molar-refractivity contribution is 5.95. The summed E-state index contributed by atoms with van der Waals surface area (Å²) in [5.41, 5.74) is 3.67. The van der Waals surface area contributed by atoms with Crippen LogP contribution in [0.2, 0.25) is 0 Å². The molecular weight excluding hydrogens is 406 g/mol. The lowest BCUT2D eigenvalue weighted by Gasteiger charge is -2.27. The van der Waals surface area contributed by atoms with E-state index in [0.717, 1.165) is 35.4 Å². The number of ether oxygens (including phenoxy) is 1. The number of hydrogen-bond donors (Lipinski definition) is 1. The molecule has 8 nitrogen and oxygen atoms in total. The number of hydrogen-bond acceptors (Lipinski definition) is 5. The van der Waals surface area contributed by atoms with Gasteiger partial charge >= 0.3 is 0 Å². The van der Waals surface area contributed by atoms with Crippen molar-refractivity contribution in [3.63, 3.8) is 0 Å². The van der Waals surface area contributed by atoms with Gasteiger partial charge in [0.1, 0.15) is 11.4 Å². The summed E-state index contributed by atoms with van der Waals surface area (Å²) in [5, 5.41) is 7.74. The lowest BCUT2D eigenvalue weighted by Crippen LogP contribution is -2.37. The van der Waals surface area contributed by atoms with Gasteiger partial charge in [-0.2, -0.15) is 5.10 Å². The summed E-state index contributed by atoms with van der Waals surface area (Å²) in [6.45, 7) is 1.43. The van der Waals surface area contributed by atoms with Crippen LogP contribution in [0.15, 0.2) is 48.7 Å². The van der Waals surface area contributed by atoms with Crippen molar-refractivity contribution in [3.05, 3.63) is 76.9 Å².